The molecule has 5 heteroatoms. The minimum atomic E-state index is -3.40. The van der Waals surface area contributed by atoms with Gasteiger partial charge in [-0.25, -0.2) is 13.1 Å². The Balaban J connectivity index is 2.05. The molecule has 0 aromatic heterocycles. The van der Waals surface area contributed by atoms with Gasteiger partial charge < -0.3 is 5.32 Å². The fraction of sp³-hybridized carbons (Fsp3) is 0.571. The molecule has 1 aliphatic heterocycles. The highest BCUT2D eigenvalue weighted by molar-refractivity contribution is 7.89. The van der Waals surface area contributed by atoms with E-state index in [1.807, 2.05) is 13.0 Å². The standard InChI is InChI=1S/C14H22N2O2S/c1-12-5-3-6-13(9-12)19(17,18)16-11-14(2)7-4-8-15-10-14/h3,5-6,9,15-16H,4,7-8,10-11H2,1-2H3. The van der Waals surface area contributed by atoms with Crippen LogP contribution in [-0.4, -0.2) is 28.1 Å². The molecule has 1 aromatic rings. The summed E-state index contributed by atoms with van der Waals surface area (Å²) in [6.45, 7) is 6.39. The molecule has 0 aliphatic carbocycles. The summed E-state index contributed by atoms with van der Waals surface area (Å²) >= 11 is 0. The maximum absolute atomic E-state index is 12.2. The van der Waals surface area contributed by atoms with Crippen LogP contribution in [0.1, 0.15) is 25.3 Å². The van der Waals surface area contributed by atoms with Crippen molar-refractivity contribution in [1.29, 1.82) is 0 Å². The molecule has 1 aliphatic rings. The van der Waals surface area contributed by atoms with E-state index in [0.29, 0.717) is 11.4 Å². The van der Waals surface area contributed by atoms with Gasteiger partial charge in [-0.2, -0.15) is 0 Å². The van der Waals surface area contributed by atoms with Gasteiger partial charge in [-0.05, 0) is 49.4 Å². The molecule has 1 unspecified atom stereocenters. The van der Waals surface area contributed by atoms with Crippen LogP contribution >= 0.6 is 0 Å². The van der Waals surface area contributed by atoms with Gasteiger partial charge in [0.2, 0.25) is 10.0 Å². The summed E-state index contributed by atoms with van der Waals surface area (Å²) < 4.78 is 27.2. The van der Waals surface area contributed by atoms with E-state index in [1.54, 1.807) is 18.2 Å². The molecule has 19 heavy (non-hydrogen) atoms. The highest BCUT2D eigenvalue weighted by Gasteiger charge is 2.28. The molecule has 2 rings (SSSR count). The van der Waals surface area contributed by atoms with Crippen molar-refractivity contribution in [3.05, 3.63) is 29.8 Å². The first kappa shape index (κ1) is 14.5. The van der Waals surface area contributed by atoms with Crippen LogP contribution in [0.3, 0.4) is 0 Å². The molecule has 1 heterocycles. The lowest BCUT2D eigenvalue weighted by molar-refractivity contribution is 0.238. The third kappa shape index (κ3) is 3.78. The van der Waals surface area contributed by atoms with Gasteiger partial charge in [0.1, 0.15) is 0 Å². The van der Waals surface area contributed by atoms with Crippen LogP contribution in [0.5, 0.6) is 0 Å². The molecule has 1 fully saturated rings. The summed E-state index contributed by atoms with van der Waals surface area (Å²) in [4.78, 5) is 0.347. The predicted octanol–water partition coefficient (Wildman–Crippen LogP) is 1.66. The SMILES string of the molecule is Cc1cccc(S(=O)(=O)NCC2(C)CCCNC2)c1. The number of rotatable bonds is 4. The van der Waals surface area contributed by atoms with Crippen molar-refractivity contribution in [2.75, 3.05) is 19.6 Å². The number of hydrogen-bond donors (Lipinski definition) is 2. The van der Waals surface area contributed by atoms with Crippen LogP contribution in [0.4, 0.5) is 0 Å². The van der Waals surface area contributed by atoms with E-state index in [9.17, 15) is 8.42 Å². The largest absolute Gasteiger partial charge is 0.316 e. The van der Waals surface area contributed by atoms with Gasteiger partial charge in [-0.15, -0.1) is 0 Å². The average molecular weight is 282 g/mol. The number of piperidine rings is 1. The summed E-state index contributed by atoms with van der Waals surface area (Å²) in [5.41, 5.74) is 0.961. The van der Waals surface area contributed by atoms with Crippen LogP contribution in [0, 0.1) is 12.3 Å². The minimum absolute atomic E-state index is 0.00907. The van der Waals surface area contributed by atoms with E-state index in [2.05, 4.69) is 17.0 Å². The van der Waals surface area contributed by atoms with E-state index in [0.717, 1.165) is 31.5 Å². The van der Waals surface area contributed by atoms with Crippen LogP contribution in [0.15, 0.2) is 29.2 Å². The highest BCUT2D eigenvalue weighted by Crippen LogP contribution is 2.25. The molecule has 0 saturated carbocycles. The maximum Gasteiger partial charge on any atom is 0.240 e. The molecule has 1 saturated heterocycles. The second-order valence-electron chi connectivity index (χ2n) is 5.73. The van der Waals surface area contributed by atoms with E-state index in [-0.39, 0.29) is 5.41 Å². The molecule has 0 radical (unpaired) electrons. The Hall–Kier alpha value is -0.910. The maximum atomic E-state index is 12.2. The van der Waals surface area contributed by atoms with Crippen LogP contribution < -0.4 is 10.0 Å². The Morgan fingerprint density at radius 1 is 1.42 bits per heavy atom. The van der Waals surface area contributed by atoms with Crippen molar-refractivity contribution < 1.29 is 8.42 Å². The quantitative estimate of drug-likeness (QED) is 0.883. The molecule has 0 amide bonds. The molecular formula is C14H22N2O2S. The van der Waals surface area contributed by atoms with Gasteiger partial charge in [-0.3, -0.25) is 0 Å². The summed E-state index contributed by atoms with van der Waals surface area (Å²) in [6, 6.07) is 7.00. The second kappa shape index (κ2) is 5.61. The van der Waals surface area contributed by atoms with Gasteiger partial charge in [0.25, 0.3) is 0 Å². The number of aryl methyl sites for hydroxylation is 1. The molecule has 2 N–H and O–H groups in total. The second-order valence-corrected chi connectivity index (χ2v) is 7.50. The van der Waals surface area contributed by atoms with Crippen molar-refractivity contribution in [2.24, 2.45) is 5.41 Å². The number of sulfonamides is 1. The molecule has 1 aromatic carbocycles. The first-order chi connectivity index (χ1) is 8.91. The highest BCUT2D eigenvalue weighted by atomic mass is 32.2. The van der Waals surface area contributed by atoms with Gasteiger partial charge in [0.05, 0.1) is 4.90 Å². The summed E-state index contributed by atoms with van der Waals surface area (Å²) in [6.07, 6.45) is 2.15. The Labute approximate surface area is 115 Å². The number of hydrogen-bond acceptors (Lipinski definition) is 3. The van der Waals surface area contributed by atoms with E-state index in [4.69, 9.17) is 0 Å². The third-order valence-corrected chi connectivity index (χ3v) is 5.07. The minimum Gasteiger partial charge on any atom is -0.316 e. The lowest BCUT2D eigenvalue weighted by Gasteiger charge is -2.34. The first-order valence-electron chi connectivity index (χ1n) is 6.68. The van der Waals surface area contributed by atoms with Crippen molar-refractivity contribution in [3.8, 4) is 0 Å². The lowest BCUT2D eigenvalue weighted by Crippen LogP contribution is -2.45. The zero-order valence-corrected chi connectivity index (χ0v) is 12.4. The fourth-order valence-electron chi connectivity index (χ4n) is 2.40. The molecule has 4 nitrogen and oxygen atoms in total. The first-order valence-corrected chi connectivity index (χ1v) is 8.17. The molecule has 106 valence electrons. The van der Waals surface area contributed by atoms with Crippen molar-refractivity contribution >= 4 is 10.0 Å². The predicted molar refractivity (Wildman–Crippen MR) is 76.6 cm³/mol. The summed E-state index contributed by atoms with van der Waals surface area (Å²) in [7, 11) is -3.40. The Bertz CT molecular complexity index is 534. The smallest absolute Gasteiger partial charge is 0.240 e. The average Bonchev–Trinajstić information content (AvgIpc) is 2.38. The van der Waals surface area contributed by atoms with Crippen molar-refractivity contribution in [1.82, 2.24) is 10.0 Å². The Kier molecular flexibility index (Phi) is 4.28. The normalized spacial score (nSPS) is 24.3. The monoisotopic (exact) mass is 282 g/mol. The molecular weight excluding hydrogens is 260 g/mol. The summed E-state index contributed by atoms with van der Waals surface area (Å²) in [5.74, 6) is 0. The van der Waals surface area contributed by atoms with E-state index in [1.165, 1.54) is 0 Å². The number of benzene rings is 1. The van der Waals surface area contributed by atoms with Gasteiger partial charge >= 0.3 is 0 Å². The lowest BCUT2D eigenvalue weighted by atomic mass is 9.83. The molecule has 0 bridgehead atoms. The zero-order valence-electron chi connectivity index (χ0n) is 11.6. The molecule has 0 spiro atoms. The van der Waals surface area contributed by atoms with Crippen LogP contribution in [0.2, 0.25) is 0 Å². The van der Waals surface area contributed by atoms with Gasteiger partial charge in [0, 0.05) is 13.1 Å². The number of nitrogens with one attached hydrogen (secondary N) is 2. The Morgan fingerprint density at radius 3 is 2.84 bits per heavy atom. The van der Waals surface area contributed by atoms with Crippen molar-refractivity contribution in [2.45, 2.75) is 31.6 Å². The van der Waals surface area contributed by atoms with Gasteiger partial charge in [0.15, 0.2) is 0 Å². The fourth-order valence-corrected chi connectivity index (χ4v) is 3.71. The van der Waals surface area contributed by atoms with Crippen LogP contribution in [-0.2, 0) is 10.0 Å². The topological polar surface area (TPSA) is 58.2 Å². The van der Waals surface area contributed by atoms with Crippen LogP contribution in [0.25, 0.3) is 0 Å². The zero-order chi connectivity index (χ0) is 13.9. The summed E-state index contributed by atoms with van der Waals surface area (Å²) in [5, 5.41) is 3.33. The van der Waals surface area contributed by atoms with Crippen molar-refractivity contribution in [3.63, 3.8) is 0 Å². The Morgan fingerprint density at radius 2 is 2.21 bits per heavy atom. The molecule has 1 atom stereocenters. The third-order valence-electron chi connectivity index (χ3n) is 3.67. The van der Waals surface area contributed by atoms with E-state index < -0.39 is 10.0 Å². The van der Waals surface area contributed by atoms with E-state index >= 15 is 0 Å². The van der Waals surface area contributed by atoms with Gasteiger partial charge in [-0.1, -0.05) is 19.1 Å².